The number of rotatable bonds is 5. The Morgan fingerprint density at radius 2 is 1.67 bits per heavy atom. The normalized spacial score (nSPS) is 10.3. The minimum atomic E-state index is 0.619. The SMILES string of the molecule is ClCCCOc1cccc(-c2cccc(Cl)c2)c1. The molecule has 0 N–H and O–H groups in total. The Labute approximate surface area is 117 Å². The van der Waals surface area contributed by atoms with Crippen LogP contribution in [0.2, 0.25) is 5.02 Å². The summed E-state index contributed by atoms with van der Waals surface area (Å²) in [5.41, 5.74) is 2.19. The van der Waals surface area contributed by atoms with Crippen molar-refractivity contribution in [3.05, 3.63) is 53.6 Å². The Kier molecular flexibility index (Phi) is 4.91. The molecule has 0 spiro atoms. The minimum absolute atomic E-state index is 0.619. The summed E-state index contributed by atoms with van der Waals surface area (Å²) < 4.78 is 5.62. The third-order valence-electron chi connectivity index (χ3n) is 2.54. The third-order valence-corrected chi connectivity index (χ3v) is 3.04. The highest BCUT2D eigenvalue weighted by Crippen LogP contribution is 2.26. The van der Waals surface area contributed by atoms with Crippen LogP contribution in [0.1, 0.15) is 6.42 Å². The van der Waals surface area contributed by atoms with Crippen molar-refractivity contribution in [3.63, 3.8) is 0 Å². The van der Waals surface area contributed by atoms with Gasteiger partial charge in [-0.3, -0.25) is 0 Å². The van der Waals surface area contributed by atoms with Crippen LogP contribution in [0.4, 0.5) is 0 Å². The quantitative estimate of drug-likeness (QED) is 0.552. The first-order valence-corrected chi connectivity index (χ1v) is 6.75. The average Bonchev–Trinajstić information content (AvgIpc) is 2.39. The maximum Gasteiger partial charge on any atom is 0.119 e. The summed E-state index contributed by atoms with van der Waals surface area (Å²) in [6.45, 7) is 0.641. The zero-order chi connectivity index (χ0) is 12.8. The van der Waals surface area contributed by atoms with Crippen molar-refractivity contribution >= 4 is 23.2 Å². The van der Waals surface area contributed by atoms with Crippen molar-refractivity contribution in [1.82, 2.24) is 0 Å². The van der Waals surface area contributed by atoms with E-state index in [4.69, 9.17) is 27.9 Å². The summed E-state index contributed by atoms with van der Waals surface area (Å²) in [4.78, 5) is 0. The molecule has 0 atom stereocenters. The molecule has 1 nitrogen and oxygen atoms in total. The molecule has 0 aromatic heterocycles. The Bertz CT molecular complexity index is 511. The molecule has 3 heteroatoms. The minimum Gasteiger partial charge on any atom is -0.494 e. The van der Waals surface area contributed by atoms with Crippen LogP contribution >= 0.6 is 23.2 Å². The van der Waals surface area contributed by atoms with Crippen LogP contribution in [0.25, 0.3) is 11.1 Å². The number of hydrogen-bond acceptors (Lipinski definition) is 1. The van der Waals surface area contributed by atoms with E-state index in [1.807, 2.05) is 48.5 Å². The van der Waals surface area contributed by atoms with E-state index in [1.165, 1.54) is 0 Å². The molecule has 0 aliphatic heterocycles. The second-order valence-electron chi connectivity index (χ2n) is 3.93. The van der Waals surface area contributed by atoms with Crippen LogP contribution in [0.3, 0.4) is 0 Å². The van der Waals surface area contributed by atoms with Gasteiger partial charge in [0.1, 0.15) is 5.75 Å². The number of alkyl halides is 1. The molecular formula is C15H14Cl2O. The Morgan fingerprint density at radius 3 is 2.39 bits per heavy atom. The molecule has 2 aromatic rings. The molecule has 0 bridgehead atoms. The predicted octanol–water partition coefficient (Wildman–Crippen LogP) is 5.01. The van der Waals surface area contributed by atoms with Gasteiger partial charge in [0.15, 0.2) is 0 Å². The van der Waals surface area contributed by atoms with Gasteiger partial charge < -0.3 is 4.74 Å². The summed E-state index contributed by atoms with van der Waals surface area (Å²) in [7, 11) is 0. The second-order valence-corrected chi connectivity index (χ2v) is 4.74. The third kappa shape index (κ3) is 3.66. The van der Waals surface area contributed by atoms with Gasteiger partial charge in [-0.2, -0.15) is 0 Å². The van der Waals surface area contributed by atoms with Gasteiger partial charge in [0.2, 0.25) is 0 Å². The van der Waals surface area contributed by atoms with E-state index in [1.54, 1.807) is 0 Å². The van der Waals surface area contributed by atoms with Crippen molar-refractivity contribution in [3.8, 4) is 16.9 Å². The highest BCUT2D eigenvalue weighted by molar-refractivity contribution is 6.30. The zero-order valence-electron chi connectivity index (χ0n) is 9.90. The lowest BCUT2D eigenvalue weighted by Gasteiger charge is -2.07. The summed E-state index contributed by atoms with van der Waals surface area (Å²) >= 11 is 11.6. The van der Waals surface area contributed by atoms with Gasteiger partial charge in [-0.05, 0) is 41.8 Å². The van der Waals surface area contributed by atoms with Gasteiger partial charge in [-0.1, -0.05) is 35.9 Å². The lowest BCUT2D eigenvalue weighted by molar-refractivity contribution is 0.318. The Balaban J connectivity index is 2.16. The van der Waals surface area contributed by atoms with E-state index in [-0.39, 0.29) is 0 Å². The molecule has 94 valence electrons. The molecular weight excluding hydrogens is 267 g/mol. The molecule has 0 fully saturated rings. The van der Waals surface area contributed by atoms with E-state index < -0.39 is 0 Å². The van der Waals surface area contributed by atoms with E-state index in [0.717, 1.165) is 28.3 Å². The summed E-state index contributed by atoms with van der Waals surface area (Å²) in [6.07, 6.45) is 0.850. The first-order chi connectivity index (χ1) is 8.79. The molecule has 18 heavy (non-hydrogen) atoms. The molecule has 2 aromatic carbocycles. The van der Waals surface area contributed by atoms with Crippen LogP contribution in [0.15, 0.2) is 48.5 Å². The van der Waals surface area contributed by atoms with Gasteiger partial charge in [-0.25, -0.2) is 0 Å². The summed E-state index contributed by atoms with van der Waals surface area (Å²) in [5.74, 6) is 1.48. The monoisotopic (exact) mass is 280 g/mol. The highest BCUT2D eigenvalue weighted by Gasteiger charge is 2.00. The van der Waals surface area contributed by atoms with E-state index >= 15 is 0 Å². The number of ether oxygens (including phenoxy) is 1. The molecule has 0 aliphatic carbocycles. The van der Waals surface area contributed by atoms with Crippen molar-refractivity contribution in [2.45, 2.75) is 6.42 Å². The Hall–Kier alpha value is -1.18. The van der Waals surface area contributed by atoms with Crippen LogP contribution < -0.4 is 4.74 Å². The molecule has 0 amide bonds. The molecule has 0 radical (unpaired) electrons. The number of benzene rings is 2. The fourth-order valence-corrected chi connectivity index (χ4v) is 1.98. The smallest absolute Gasteiger partial charge is 0.119 e. The van der Waals surface area contributed by atoms with Gasteiger partial charge >= 0.3 is 0 Å². The van der Waals surface area contributed by atoms with Gasteiger partial charge in [0, 0.05) is 10.9 Å². The van der Waals surface area contributed by atoms with E-state index in [0.29, 0.717) is 12.5 Å². The fourth-order valence-electron chi connectivity index (χ4n) is 1.68. The van der Waals surface area contributed by atoms with Crippen LogP contribution in [-0.4, -0.2) is 12.5 Å². The van der Waals surface area contributed by atoms with Gasteiger partial charge in [0.05, 0.1) is 6.61 Å². The molecule has 0 saturated carbocycles. The predicted molar refractivity (Wildman–Crippen MR) is 77.7 cm³/mol. The number of halogens is 2. The standard InChI is InChI=1S/C15H14Cl2O/c16-8-3-9-18-15-7-2-5-13(11-15)12-4-1-6-14(17)10-12/h1-2,4-7,10-11H,3,8-9H2. The zero-order valence-corrected chi connectivity index (χ0v) is 11.4. The average molecular weight is 281 g/mol. The topological polar surface area (TPSA) is 9.23 Å². The van der Waals surface area contributed by atoms with Crippen molar-refractivity contribution in [2.75, 3.05) is 12.5 Å². The van der Waals surface area contributed by atoms with Crippen LogP contribution in [0, 0.1) is 0 Å². The van der Waals surface area contributed by atoms with Crippen molar-refractivity contribution in [1.29, 1.82) is 0 Å². The number of hydrogen-bond donors (Lipinski definition) is 0. The molecule has 0 aliphatic rings. The van der Waals surface area contributed by atoms with Crippen molar-refractivity contribution < 1.29 is 4.74 Å². The van der Waals surface area contributed by atoms with Gasteiger partial charge in [0.25, 0.3) is 0 Å². The van der Waals surface area contributed by atoms with Crippen LogP contribution in [0.5, 0.6) is 5.75 Å². The van der Waals surface area contributed by atoms with E-state index in [2.05, 4.69) is 0 Å². The van der Waals surface area contributed by atoms with Gasteiger partial charge in [-0.15, -0.1) is 11.6 Å². The maximum atomic E-state index is 5.99. The summed E-state index contributed by atoms with van der Waals surface area (Å²) in [6, 6.07) is 15.8. The first-order valence-electron chi connectivity index (χ1n) is 5.84. The summed E-state index contributed by atoms with van der Waals surface area (Å²) in [5, 5.41) is 0.737. The fraction of sp³-hybridized carbons (Fsp3) is 0.200. The first kappa shape index (κ1) is 13.3. The van der Waals surface area contributed by atoms with E-state index in [9.17, 15) is 0 Å². The van der Waals surface area contributed by atoms with Crippen LogP contribution in [-0.2, 0) is 0 Å². The molecule has 2 rings (SSSR count). The highest BCUT2D eigenvalue weighted by atomic mass is 35.5. The van der Waals surface area contributed by atoms with Crippen molar-refractivity contribution in [2.24, 2.45) is 0 Å². The molecule has 0 unspecified atom stereocenters. The molecule has 0 heterocycles. The second kappa shape index (κ2) is 6.67. The Morgan fingerprint density at radius 1 is 0.944 bits per heavy atom. The largest absolute Gasteiger partial charge is 0.494 e. The maximum absolute atomic E-state index is 5.99. The molecule has 0 saturated heterocycles. The lowest BCUT2D eigenvalue weighted by atomic mass is 10.1. The lowest BCUT2D eigenvalue weighted by Crippen LogP contribution is -1.97.